The summed E-state index contributed by atoms with van der Waals surface area (Å²) < 4.78 is 0. The van der Waals surface area contributed by atoms with Crippen molar-refractivity contribution >= 4 is 40.4 Å². The maximum atomic E-state index is 12.4. The van der Waals surface area contributed by atoms with E-state index >= 15 is 0 Å². The van der Waals surface area contributed by atoms with Gasteiger partial charge in [0.15, 0.2) is 0 Å². The molecule has 0 spiro atoms. The normalized spacial score (nSPS) is 13.3. The highest BCUT2D eigenvalue weighted by molar-refractivity contribution is 7.12. The lowest BCUT2D eigenvalue weighted by Crippen LogP contribution is -2.24. The number of nitrogens with zero attached hydrogens (tertiary/aromatic N) is 1. The molecule has 4 rings (SSSR count). The number of rotatable bonds is 6. The van der Waals surface area contributed by atoms with E-state index in [-0.39, 0.29) is 17.7 Å². The molecular weight excluding hydrogens is 398 g/mol. The second-order valence-corrected chi connectivity index (χ2v) is 7.95. The van der Waals surface area contributed by atoms with Gasteiger partial charge in [-0.15, -0.1) is 11.3 Å². The molecule has 7 heteroatoms. The highest BCUT2D eigenvalue weighted by Crippen LogP contribution is 2.21. The van der Waals surface area contributed by atoms with E-state index in [2.05, 4.69) is 10.6 Å². The van der Waals surface area contributed by atoms with Crippen molar-refractivity contribution in [3.63, 3.8) is 0 Å². The first kappa shape index (κ1) is 19.8. The molecule has 6 nitrogen and oxygen atoms in total. The minimum atomic E-state index is -0.190. The van der Waals surface area contributed by atoms with E-state index in [1.54, 1.807) is 35.2 Å². The number of anilines is 2. The van der Waals surface area contributed by atoms with Gasteiger partial charge < -0.3 is 15.5 Å². The van der Waals surface area contributed by atoms with Crippen LogP contribution in [0, 0.1) is 0 Å². The van der Waals surface area contributed by atoms with Crippen LogP contribution < -0.4 is 15.5 Å². The average molecular weight is 420 g/mol. The van der Waals surface area contributed by atoms with Crippen molar-refractivity contribution in [1.82, 2.24) is 5.32 Å². The Morgan fingerprint density at radius 1 is 0.967 bits per heavy atom. The van der Waals surface area contributed by atoms with Crippen molar-refractivity contribution in [1.29, 1.82) is 0 Å². The molecule has 2 heterocycles. The smallest absolute Gasteiger partial charge is 0.265 e. The maximum absolute atomic E-state index is 12.4. The van der Waals surface area contributed by atoms with Crippen LogP contribution in [0.5, 0.6) is 0 Å². The number of hydrogen-bond acceptors (Lipinski definition) is 4. The first-order valence-corrected chi connectivity index (χ1v) is 10.6. The van der Waals surface area contributed by atoms with E-state index in [9.17, 15) is 14.4 Å². The molecule has 0 radical (unpaired) electrons. The lowest BCUT2D eigenvalue weighted by Gasteiger charge is -2.16. The Bertz CT molecular complexity index is 1040. The summed E-state index contributed by atoms with van der Waals surface area (Å²) in [4.78, 5) is 38.7. The fraction of sp³-hybridized carbons (Fsp3) is 0.174. The number of amides is 3. The zero-order valence-electron chi connectivity index (χ0n) is 16.3. The van der Waals surface area contributed by atoms with Crippen LogP contribution >= 0.6 is 11.3 Å². The van der Waals surface area contributed by atoms with Crippen LogP contribution in [-0.4, -0.2) is 24.3 Å². The van der Waals surface area contributed by atoms with Crippen LogP contribution in [0.2, 0.25) is 0 Å². The SMILES string of the molecule is O=C(NCc1ccc(N2CCCC2=O)cc1)c1ccc(NC(=O)c2cccs2)cc1. The Hall–Kier alpha value is -3.45. The molecule has 2 aromatic carbocycles. The molecule has 0 bridgehead atoms. The van der Waals surface area contributed by atoms with E-state index in [0.29, 0.717) is 29.1 Å². The fourth-order valence-corrected chi connectivity index (χ4v) is 3.92. The third kappa shape index (κ3) is 4.58. The summed E-state index contributed by atoms with van der Waals surface area (Å²) in [5.41, 5.74) is 3.01. The van der Waals surface area contributed by atoms with Gasteiger partial charge in [-0.2, -0.15) is 0 Å². The van der Waals surface area contributed by atoms with Crippen molar-refractivity contribution in [3.8, 4) is 0 Å². The third-order valence-electron chi connectivity index (χ3n) is 4.92. The number of hydrogen-bond donors (Lipinski definition) is 2. The van der Waals surface area contributed by atoms with Gasteiger partial charge in [-0.1, -0.05) is 18.2 Å². The summed E-state index contributed by atoms with van der Waals surface area (Å²) in [6.45, 7) is 1.16. The molecule has 152 valence electrons. The van der Waals surface area contributed by atoms with Crippen molar-refractivity contribution in [2.45, 2.75) is 19.4 Å². The fourth-order valence-electron chi connectivity index (χ4n) is 3.30. The van der Waals surface area contributed by atoms with Gasteiger partial charge in [0.2, 0.25) is 5.91 Å². The molecule has 0 saturated carbocycles. The monoisotopic (exact) mass is 419 g/mol. The Morgan fingerprint density at radius 3 is 2.37 bits per heavy atom. The second kappa shape index (κ2) is 8.92. The zero-order chi connectivity index (χ0) is 20.9. The molecule has 1 saturated heterocycles. The summed E-state index contributed by atoms with van der Waals surface area (Å²) in [7, 11) is 0. The number of carbonyl (C=O) groups is 3. The quantitative estimate of drug-likeness (QED) is 0.633. The van der Waals surface area contributed by atoms with E-state index < -0.39 is 0 Å². The van der Waals surface area contributed by atoms with Gasteiger partial charge >= 0.3 is 0 Å². The van der Waals surface area contributed by atoms with Gasteiger partial charge in [0.25, 0.3) is 11.8 Å². The standard InChI is InChI=1S/C23H21N3O3S/c27-21-4-1-13-26(21)19-11-5-16(6-12-19)15-24-22(28)17-7-9-18(10-8-17)25-23(29)20-3-2-14-30-20/h2-3,5-12,14H,1,4,13,15H2,(H,24,28)(H,25,29). The molecule has 1 aromatic heterocycles. The van der Waals surface area contributed by atoms with E-state index in [0.717, 1.165) is 24.2 Å². The van der Waals surface area contributed by atoms with Gasteiger partial charge in [-0.3, -0.25) is 14.4 Å². The van der Waals surface area contributed by atoms with Crippen LogP contribution in [0.3, 0.4) is 0 Å². The Morgan fingerprint density at radius 2 is 1.73 bits per heavy atom. The highest BCUT2D eigenvalue weighted by atomic mass is 32.1. The van der Waals surface area contributed by atoms with Gasteiger partial charge in [-0.25, -0.2) is 0 Å². The van der Waals surface area contributed by atoms with Crippen LogP contribution in [0.15, 0.2) is 66.0 Å². The lowest BCUT2D eigenvalue weighted by molar-refractivity contribution is -0.117. The molecule has 3 amide bonds. The van der Waals surface area contributed by atoms with Crippen molar-refractivity contribution in [2.75, 3.05) is 16.8 Å². The number of nitrogens with one attached hydrogen (secondary N) is 2. The summed E-state index contributed by atoms with van der Waals surface area (Å²) in [5, 5.41) is 7.55. The Labute approximate surface area is 178 Å². The average Bonchev–Trinajstić information content (AvgIpc) is 3.45. The van der Waals surface area contributed by atoms with E-state index in [4.69, 9.17) is 0 Å². The molecule has 2 N–H and O–H groups in total. The Balaban J connectivity index is 1.30. The minimum absolute atomic E-state index is 0.158. The first-order valence-electron chi connectivity index (χ1n) is 9.72. The van der Waals surface area contributed by atoms with E-state index in [1.807, 2.05) is 35.7 Å². The van der Waals surface area contributed by atoms with Crippen molar-refractivity contribution in [3.05, 3.63) is 82.0 Å². The maximum Gasteiger partial charge on any atom is 0.265 e. The van der Waals surface area contributed by atoms with Gasteiger partial charge in [0, 0.05) is 36.4 Å². The molecular formula is C23H21N3O3S. The molecule has 1 aliphatic rings. The summed E-state index contributed by atoms with van der Waals surface area (Å²) in [6, 6.07) is 18.0. The molecule has 0 unspecified atom stereocenters. The molecule has 1 fully saturated rings. The topological polar surface area (TPSA) is 78.5 Å². The molecule has 3 aromatic rings. The first-order chi connectivity index (χ1) is 14.6. The van der Waals surface area contributed by atoms with Gasteiger partial charge in [0.1, 0.15) is 0 Å². The largest absolute Gasteiger partial charge is 0.348 e. The van der Waals surface area contributed by atoms with Gasteiger partial charge in [-0.05, 0) is 59.8 Å². The van der Waals surface area contributed by atoms with Crippen LogP contribution in [0.1, 0.15) is 38.4 Å². The second-order valence-electron chi connectivity index (χ2n) is 7.01. The predicted molar refractivity (Wildman–Crippen MR) is 118 cm³/mol. The molecule has 1 aliphatic heterocycles. The van der Waals surface area contributed by atoms with Crippen LogP contribution in [-0.2, 0) is 11.3 Å². The molecule has 0 aliphatic carbocycles. The van der Waals surface area contributed by atoms with Gasteiger partial charge in [0.05, 0.1) is 4.88 Å². The summed E-state index contributed by atoms with van der Waals surface area (Å²) in [5.74, 6) is -0.197. The van der Waals surface area contributed by atoms with Crippen molar-refractivity contribution in [2.24, 2.45) is 0 Å². The number of thiophene rings is 1. The lowest BCUT2D eigenvalue weighted by atomic mass is 10.1. The summed E-state index contributed by atoms with van der Waals surface area (Å²) >= 11 is 1.38. The number of benzene rings is 2. The minimum Gasteiger partial charge on any atom is -0.348 e. The predicted octanol–water partition coefficient (Wildman–Crippen LogP) is 4.06. The van der Waals surface area contributed by atoms with Crippen LogP contribution in [0.25, 0.3) is 0 Å². The molecule has 30 heavy (non-hydrogen) atoms. The highest BCUT2D eigenvalue weighted by Gasteiger charge is 2.21. The zero-order valence-corrected chi connectivity index (χ0v) is 17.1. The molecule has 0 atom stereocenters. The van der Waals surface area contributed by atoms with Crippen molar-refractivity contribution < 1.29 is 14.4 Å². The van der Waals surface area contributed by atoms with E-state index in [1.165, 1.54) is 11.3 Å². The third-order valence-corrected chi connectivity index (χ3v) is 5.79. The number of carbonyl (C=O) groups excluding carboxylic acids is 3. The summed E-state index contributed by atoms with van der Waals surface area (Å²) in [6.07, 6.45) is 1.50. The van der Waals surface area contributed by atoms with Crippen LogP contribution in [0.4, 0.5) is 11.4 Å². The Kier molecular flexibility index (Phi) is 5.90.